The van der Waals surface area contributed by atoms with Gasteiger partial charge in [0.15, 0.2) is 0 Å². The highest BCUT2D eigenvalue weighted by Gasteiger charge is 2.22. The van der Waals surface area contributed by atoms with Crippen molar-refractivity contribution < 1.29 is 13.2 Å². The van der Waals surface area contributed by atoms with E-state index in [2.05, 4.69) is 4.72 Å². The van der Waals surface area contributed by atoms with Gasteiger partial charge in [0.1, 0.15) is 20.9 Å². The Hall–Kier alpha value is -1.23. The number of nitrogens with one attached hydrogen (secondary N) is 1. The summed E-state index contributed by atoms with van der Waals surface area (Å²) in [5, 5.41) is 8.62. The van der Waals surface area contributed by atoms with E-state index in [-0.39, 0.29) is 16.4 Å². The van der Waals surface area contributed by atoms with Crippen molar-refractivity contribution in [2.24, 2.45) is 0 Å². The topological polar surface area (TPSA) is 87.0 Å². The van der Waals surface area contributed by atoms with Crippen molar-refractivity contribution in [3.63, 3.8) is 0 Å². The predicted molar refractivity (Wildman–Crippen MR) is 64.1 cm³/mol. The molecule has 0 spiro atoms. The summed E-state index contributed by atoms with van der Waals surface area (Å²) >= 11 is 0.878. The van der Waals surface area contributed by atoms with Crippen LogP contribution in [0, 0.1) is 11.3 Å². The van der Waals surface area contributed by atoms with E-state index in [1.807, 2.05) is 6.07 Å². The molecule has 0 bridgehead atoms. The van der Waals surface area contributed by atoms with Gasteiger partial charge in [0.05, 0.1) is 6.04 Å². The van der Waals surface area contributed by atoms with Crippen molar-refractivity contribution in [3.05, 3.63) is 17.0 Å². The molecule has 1 aromatic heterocycles. The molecule has 17 heavy (non-hydrogen) atoms. The number of hydrogen-bond acceptors (Lipinski definition) is 5. The molecule has 0 fully saturated rings. The van der Waals surface area contributed by atoms with E-state index in [4.69, 9.17) is 5.26 Å². The third-order valence-corrected chi connectivity index (χ3v) is 5.14. The molecule has 0 aromatic carbocycles. The summed E-state index contributed by atoms with van der Waals surface area (Å²) in [4.78, 5) is 11.6. The van der Waals surface area contributed by atoms with E-state index >= 15 is 0 Å². The number of nitriles is 1. The highest BCUT2D eigenvalue weighted by atomic mass is 32.2. The van der Waals surface area contributed by atoms with Gasteiger partial charge in [0.25, 0.3) is 10.0 Å². The number of rotatable bonds is 5. The molecule has 1 N–H and O–H groups in total. The molecule has 0 amide bonds. The van der Waals surface area contributed by atoms with Crippen LogP contribution in [0.5, 0.6) is 0 Å². The fraction of sp³-hybridized carbons (Fsp3) is 0.400. The Morgan fingerprint density at radius 2 is 2.24 bits per heavy atom. The molecular formula is C10H12N2O3S2. The quantitative estimate of drug-likeness (QED) is 0.874. The Labute approximate surface area is 104 Å². The summed E-state index contributed by atoms with van der Waals surface area (Å²) in [6.07, 6.45) is 0.275. The van der Waals surface area contributed by atoms with Gasteiger partial charge in [0, 0.05) is 6.42 Å². The van der Waals surface area contributed by atoms with E-state index in [0.29, 0.717) is 4.88 Å². The summed E-state index contributed by atoms with van der Waals surface area (Å²) < 4.78 is 26.0. The van der Waals surface area contributed by atoms with E-state index < -0.39 is 16.1 Å². The number of nitrogens with zero attached hydrogens (tertiary/aromatic N) is 1. The Balaban J connectivity index is 2.90. The second-order valence-electron chi connectivity index (χ2n) is 3.39. The third kappa shape index (κ3) is 3.36. The molecule has 1 atom stereocenters. The molecule has 0 aliphatic rings. The molecule has 1 unspecified atom stereocenters. The van der Waals surface area contributed by atoms with Gasteiger partial charge in [-0.2, -0.15) is 5.26 Å². The number of Topliss-reactive ketones (excluding diaryl/α,β-unsaturated/α-hetero) is 1. The van der Waals surface area contributed by atoms with Crippen molar-refractivity contribution in [2.45, 2.75) is 30.5 Å². The molecule has 0 radical (unpaired) electrons. The maximum absolute atomic E-state index is 11.8. The molecule has 1 aromatic rings. The minimum absolute atomic E-state index is 0.0461. The first kappa shape index (κ1) is 13.8. The van der Waals surface area contributed by atoms with Gasteiger partial charge >= 0.3 is 0 Å². The lowest BCUT2D eigenvalue weighted by Crippen LogP contribution is -2.37. The summed E-state index contributed by atoms with van der Waals surface area (Å²) in [5.74, 6) is -0.175. The monoisotopic (exact) mass is 272 g/mol. The van der Waals surface area contributed by atoms with Gasteiger partial charge in [-0.25, -0.2) is 13.1 Å². The normalized spacial score (nSPS) is 13.0. The average Bonchev–Trinajstić information content (AvgIpc) is 2.76. The highest BCUT2D eigenvalue weighted by Crippen LogP contribution is 2.20. The number of carbonyl (C=O) groups excluding carboxylic acids is 1. The van der Waals surface area contributed by atoms with Gasteiger partial charge in [-0.1, -0.05) is 6.92 Å². The van der Waals surface area contributed by atoms with Crippen molar-refractivity contribution >= 4 is 27.1 Å². The number of hydrogen-bond donors (Lipinski definition) is 1. The highest BCUT2D eigenvalue weighted by molar-refractivity contribution is 7.91. The van der Waals surface area contributed by atoms with Crippen molar-refractivity contribution in [1.82, 2.24) is 4.72 Å². The smallest absolute Gasteiger partial charge is 0.250 e. The van der Waals surface area contributed by atoms with Gasteiger partial charge in [-0.05, 0) is 19.1 Å². The zero-order valence-electron chi connectivity index (χ0n) is 9.43. The van der Waals surface area contributed by atoms with Crippen LogP contribution in [0.2, 0.25) is 0 Å². The predicted octanol–water partition coefficient (Wildman–Crippen LogP) is 1.27. The summed E-state index contributed by atoms with van der Waals surface area (Å²) in [5.41, 5.74) is 0. The summed E-state index contributed by atoms with van der Waals surface area (Å²) in [6.45, 7) is 3.17. The zero-order valence-corrected chi connectivity index (χ0v) is 11.1. The molecule has 0 saturated carbocycles. The second-order valence-corrected chi connectivity index (χ2v) is 6.42. The molecule has 1 heterocycles. The third-order valence-electron chi connectivity index (χ3n) is 2.12. The van der Waals surface area contributed by atoms with Crippen LogP contribution in [0.25, 0.3) is 0 Å². The Kier molecular flexibility index (Phi) is 4.40. The minimum atomic E-state index is -3.71. The maximum atomic E-state index is 11.8. The molecular weight excluding hydrogens is 260 g/mol. The van der Waals surface area contributed by atoms with Gasteiger partial charge in [-0.3, -0.25) is 4.79 Å². The fourth-order valence-corrected chi connectivity index (χ4v) is 3.53. The average molecular weight is 272 g/mol. The van der Waals surface area contributed by atoms with E-state index in [1.54, 1.807) is 6.92 Å². The number of ketones is 1. The molecule has 0 aliphatic carbocycles. The molecule has 0 aliphatic heterocycles. The maximum Gasteiger partial charge on any atom is 0.250 e. The molecule has 5 nitrogen and oxygen atoms in total. The van der Waals surface area contributed by atoms with Crippen LogP contribution in [0.15, 0.2) is 16.3 Å². The van der Waals surface area contributed by atoms with Crippen molar-refractivity contribution in [3.8, 4) is 6.07 Å². The van der Waals surface area contributed by atoms with Crippen molar-refractivity contribution in [2.75, 3.05) is 0 Å². The van der Waals surface area contributed by atoms with Crippen LogP contribution >= 0.6 is 11.3 Å². The minimum Gasteiger partial charge on any atom is -0.298 e. The Morgan fingerprint density at radius 1 is 1.59 bits per heavy atom. The summed E-state index contributed by atoms with van der Waals surface area (Å²) in [6, 6.07) is 3.91. The molecule has 7 heteroatoms. The van der Waals surface area contributed by atoms with Crippen LogP contribution in [-0.2, 0) is 14.8 Å². The lowest BCUT2D eigenvalue weighted by Gasteiger charge is -2.10. The second kappa shape index (κ2) is 5.40. The summed E-state index contributed by atoms with van der Waals surface area (Å²) in [7, 11) is -3.71. The zero-order chi connectivity index (χ0) is 13.1. The standard InChI is InChI=1S/C10H12N2O3S2/c1-3-9(13)7(2)12-17(14,15)10-5-4-8(6-11)16-10/h4-5,7,12H,3H2,1-2H3. The SMILES string of the molecule is CCC(=O)C(C)NS(=O)(=O)c1ccc(C#N)s1. The Morgan fingerprint density at radius 3 is 2.71 bits per heavy atom. The van der Waals surface area contributed by atoms with Crippen LogP contribution in [0.4, 0.5) is 0 Å². The van der Waals surface area contributed by atoms with Crippen LogP contribution < -0.4 is 4.72 Å². The van der Waals surface area contributed by atoms with E-state index in [9.17, 15) is 13.2 Å². The first-order valence-electron chi connectivity index (χ1n) is 4.95. The molecule has 0 saturated heterocycles. The molecule has 1 rings (SSSR count). The fourth-order valence-electron chi connectivity index (χ4n) is 1.19. The molecule has 92 valence electrons. The number of carbonyl (C=O) groups is 1. The lowest BCUT2D eigenvalue weighted by atomic mass is 10.2. The largest absolute Gasteiger partial charge is 0.298 e. The van der Waals surface area contributed by atoms with Crippen LogP contribution in [-0.4, -0.2) is 20.2 Å². The number of thiophene rings is 1. The van der Waals surface area contributed by atoms with E-state index in [1.165, 1.54) is 19.1 Å². The van der Waals surface area contributed by atoms with Crippen molar-refractivity contribution in [1.29, 1.82) is 5.26 Å². The van der Waals surface area contributed by atoms with Gasteiger partial charge in [-0.15, -0.1) is 11.3 Å². The van der Waals surface area contributed by atoms with Crippen LogP contribution in [0.1, 0.15) is 25.1 Å². The van der Waals surface area contributed by atoms with Gasteiger partial charge < -0.3 is 0 Å². The van der Waals surface area contributed by atoms with Gasteiger partial charge in [0.2, 0.25) is 0 Å². The first-order valence-corrected chi connectivity index (χ1v) is 7.25. The van der Waals surface area contributed by atoms with E-state index in [0.717, 1.165) is 11.3 Å². The Bertz CT molecular complexity index is 554. The van der Waals surface area contributed by atoms with Crippen LogP contribution in [0.3, 0.4) is 0 Å². The number of sulfonamides is 1. The first-order chi connectivity index (χ1) is 7.90. The lowest BCUT2D eigenvalue weighted by molar-refractivity contribution is -0.119.